The molecule has 2 heteroatoms. The molecule has 0 rings (SSSR count). The van der Waals surface area contributed by atoms with Gasteiger partial charge in [0.1, 0.15) is 0 Å². The third-order valence-corrected chi connectivity index (χ3v) is 1.30. The van der Waals surface area contributed by atoms with Crippen LogP contribution in [0, 0.1) is 0 Å². The summed E-state index contributed by atoms with van der Waals surface area (Å²) < 4.78 is 5.27. The average Bonchev–Trinajstić information content (AvgIpc) is 2.03. The zero-order chi connectivity index (χ0) is 8.36. The van der Waals surface area contributed by atoms with Crippen LogP contribution < -0.4 is 5.32 Å². The van der Waals surface area contributed by atoms with Gasteiger partial charge in [-0.25, -0.2) is 0 Å². The van der Waals surface area contributed by atoms with Crippen LogP contribution in [0.25, 0.3) is 0 Å². The number of hydrogen-bond donors (Lipinski definition) is 1. The molecular formula is C9H19NO. The molecule has 66 valence electrons. The van der Waals surface area contributed by atoms with Crippen molar-refractivity contribution in [3.05, 3.63) is 12.2 Å². The number of allylic oxidation sites excluding steroid dienone is 1. The van der Waals surface area contributed by atoms with E-state index in [1.807, 2.05) is 19.1 Å². The Morgan fingerprint density at radius 3 is 2.82 bits per heavy atom. The van der Waals surface area contributed by atoms with E-state index in [9.17, 15) is 0 Å². The van der Waals surface area contributed by atoms with Gasteiger partial charge < -0.3 is 10.1 Å². The first-order valence-corrected chi connectivity index (χ1v) is 4.31. The highest BCUT2D eigenvalue weighted by Crippen LogP contribution is 1.76. The highest BCUT2D eigenvalue weighted by atomic mass is 16.5. The topological polar surface area (TPSA) is 21.3 Å². The lowest BCUT2D eigenvalue weighted by molar-refractivity contribution is 0.164. The zero-order valence-corrected chi connectivity index (χ0v) is 7.60. The highest BCUT2D eigenvalue weighted by molar-refractivity contribution is 4.75. The Balaban J connectivity index is 2.79. The van der Waals surface area contributed by atoms with Crippen molar-refractivity contribution in [2.45, 2.75) is 20.3 Å². The summed E-state index contributed by atoms with van der Waals surface area (Å²) in [5, 5.41) is 3.26. The predicted octanol–water partition coefficient (Wildman–Crippen LogP) is 1.58. The lowest BCUT2D eigenvalue weighted by Gasteiger charge is -2.01. The van der Waals surface area contributed by atoms with Gasteiger partial charge in [0.2, 0.25) is 0 Å². The first-order valence-electron chi connectivity index (χ1n) is 4.31. The minimum atomic E-state index is 0.740. The molecular weight excluding hydrogens is 138 g/mol. The molecule has 0 aliphatic rings. The van der Waals surface area contributed by atoms with E-state index in [1.165, 1.54) is 6.42 Å². The summed E-state index contributed by atoms with van der Waals surface area (Å²) in [7, 11) is 0. The summed E-state index contributed by atoms with van der Waals surface area (Å²) >= 11 is 0. The molecule has 0 aliphatic heterocycles. The summed E-state index contributed by atoms with van der Waals surface area (Å²) in [6.45, 7) is 7.76. The van der Waals surface area contributed by atoms with Crippen molar-refractivity contribution in [3.8, 4) is 0 Å². The summed E-state index contributed by atoms with van der Waals surface area (Å²) in [4.78, 5) is 0. The molecule has 0 bridgehead atoms. The van der Waals surface area contributed by atoms with Crippen LogP contribution in [0.3, 0.4) is 0 Å². The van der Waals surface area contributed by atoms with Gasteiger partial charge >= 0.3 is 0 Å². The molecule has 2 nitrogen and oxygen atoms in total. The minimum Gasteiger partial charge on any atom is -0.376 e. The summed E-state index contributed by atoms with van der Waals surface area (Å²) in [6.07, 6.45) is 5.20. The van der Waals surface area contributed by atoms with E-state index in [1.54, 1.807) is 0 Å². The quantitative estimate of drug-likeness (QED) is 0.447. The summed E-state index contributed by atoms with van der Waals surface area (Å²) in [5.74, 6) is 0. The first kappa shape index (κ1) is 10.7. The SMILES string of the molecule is CC=CCOCCNCCC. The van der Waals surface area contributed by atoms with Crippen molar-refractivity contribution >= 4 is 0 Å². The van der Waals surface area contributed by atoms with Crippen molar-refractivity contribution in [2.24, 2.45) is 0 Å². The van der Waals surface area contributed by atoms with Gasteiger partial charge in [0.25, 0.3) is 0 Å². The van der Waals surface area contributed by atoms with Crippen molar-refractivity contribution in [2.75, 3.05) is 26.3 Å². The fourth-order valence-corrected chi connectivity index (χ4v) is 0.694. The van der Waals surface area contributed by atoms with Gasteiger partial charge in [0.15, 0.2) is 0 Å². The molecule has 0 unspecified atom stereocenters. The van der Waals surface area contributed by atoms with Crippen molar-refractivity contribution in [1.82, 2.24) is 5.32 Å². The Kier molecular flexibility index (Phi) is 9.36. The molecule has 0 aliphatic carbocycles. The molecule has 0 aromatic heterocycles. The van der Waals surface area contributed by atoms with E-state index in [-0.39, 0.29) is 0 Å². The van der Waals surface area contributed by atoms with Crippen molar-refractivity contribution < 1.29 is 4.74 Å². The molecule has 0 heterocycles. The lowest BCUT2D eigenvalue weighted by Crippen LogP contribution is -2.20. The molecule has 0 atom stereocenters. The Labute approximate surface area is 69.6 Å². The van der Waals surface area contributed by atoms with Crippen LogP contribution in [0.1, 0.15) is 20.3 Å². The van der Waals surface area contributed by atoms with Gasteiger partial charge in [-0.05, 0) is 19.9 Å². The third kappa shape index (κ3) is 9.66. The molecule has 11 heavy (non-hydrogen) atoms. The molecule has 0 amide bonds. The zero-order valence-electron chi connectivity index (χ0n) is 7.60. The monoisotopic (exact) mass is 157 g/mol. The second-order valence-corrected chi connectivity index (χ2v) is 2.39. The first-order chi connectivity index (χ1) is 5.41. The van der Waals surface area contributed by atoms with Gasteiger partial charge in [-0.2, -0.15) is 0 Å². The van der Waals surface area contributed by atoms with E-state index in [2.05, 4.69) is 12.2 Å². The van der Waals surface area contributed by atoms with Crippen molar-refractivity contribution in [3.63, 3.8) is 0 Å². The molecule has 0 spiro atoms. The maximum Gasteiger partial charge on any atom is 0.0647 e. The Hall–Kier alpha value is -0.340. The normalized spacial score (nSPS) is 11.1. The molecule has 0 saturated carbocycles. The standard InChI is InChI=1S/C9H19NO/c1-3-5-8-11-9-7-10-6-4-2/h3,5,10H,4,6-9H2,1-2H3. The highest BCUT2D eigenvalue weighted by Gasteiger charge is 1.84. The van der Waals surface area contributed by atoms with E-state index in [4.69, 9.17) is 4.74 Å². The summed E-state index contributed by atoms with van der Waals surface area (Å²) in [5.41, 5.74) is 0. The van der Waals surface area contributed by atoms with Crippen LogP contribution in [-0.4, -0.2) is 26.3 Å². The molecule has 0 radical (unpaired) electrons. The minimum absolute atomic E-state index is 0.740. The van der Waals surface area contributed by atoms with Crippen molar-refractivity contribution in [1.29, 1.82) is 0 Å². The predicted molar refractivity (Wildman–Crippen MR) is 48.8 cm³/mol. The maximum atomic E-state index is 5.27. The van der Waals surface area contributed by atoms with E-state index in [0.29, 0.717) is 0 Å². The number of hydrogen-bond acceptors (Lipinski definition) is 2. The Morgan fingerprint density at radius 2 is 2.18 bits per heavy atom. The van der Waals surface area contributed by atoms with Crippen LogP contribution in [0.4, 0.5) is 0 Å². The molecule has 1 N–H and O–H groups in total. The van der Waals surface area contributed by atoms with Crippen LogP contribution in [0.2, 0.25) is 0 Å². The third-order valence-electron chi connectivity index (χ3n) is 1.30. The molecule has 0 fully saturated rings. The number of rotatable bonds is 7. The maximum absolute atomic E-state index is 5.27. The van der Waals surface area contributed by atoms with Crippen LogP contribution in [0.5, 0.6) is 0 Å². The molecule has 0 aromatic rings. The lowest BCUT2D eigenvalue weighted by atomic mass is 10.5. The fraction of sp³-hybridized carbons (Fsp3) is 0.778. The van der Waals surface area contributed by atoms with Gasteiger partial charge in [-0.1, -0.05) is 19.1 Å². The fourth-order valence-electron chi connectivity index (χ4n) is 0.694. The van der Waals surface area contributed by atoms with Gasteiger partial charge in [0, 0.05) is 6.54 Å². The van der Waals surface area contributed by atoms with E-state index in [0.717, 1.165) is 26.3 Å². The van der Waals surface area contributed by atoms with Crippen LogP contribution in [-0.2, 0) is 4.74 Å². The summed E-state index contributed by atoms with van der Waals surface area (Å²) in [6, 6.07) is 0. The largest absolute Gasteiger partial charge is 0.376 e. The number of ether oxygens (including phenoxy) is 1. The molecule has 0 saturated heterocycles. The second-order valence-electron chi connectivity index (χ2n) is 2.39. The van der Waals surface area contributed by atoms with E-state index < -0.39 is 0 Å². The van der Waals surface area contributed by atoms with Crippen LogP contribution >= 0.6 is 0 Å². The average molecular weight is 157 g/mol. The van der Waals surface area contributed by atoms with Gasteiger partial charge in [-0.3, -0.25) is 0 Å². The Bertz CT molecular complexity index is 91.6. The van der Waals surface area contributed by atoms with Crippen LogP contribution in [0.15, 0.2) is 12.2 Å². The second kappa shape index (κ2) is 9.66. The Morgan fingerprint density at radius 1 is 1.36 bits per heavy atom. The number of nitrogens with one attached hydrogen (secondary N) is 1. The smallest absolute Gasteiger partial charge is 0.0647 e. The van der Waals surface area contributed by atoms with Gasteiger partial charge in [-0.15, -0.1) is 0 Å². The van der Waals surface area contributed by atoms with E-state index >= 15 is 0 Å². The van der Waals surface area contributed by atoms with Gasteiger partial charge in [0.05, 0.1) is 13.2 Å². The molecule has 0 aromatic carbocycles.